The van der Waals surface area contributed by atoms with Gasteiger partial charge in [-0.3, -0.25) is 0 Å². The number of carboxylic acids is 1. The molecule has 6 nitrogen and oxygen atoms in total. The Hall–Kier alpha value is -3.31. The van der Waals surface area contributed by atoms with Crippen molar-refractivity contribution < 1.29 is 19.0 Å². The number of ether oxygens (including phenoxy) is 1. The number of rotatable bonds is 4. The average Bonchev–Trinajstić information content (AvgIpc) is 3.04. The van der Waals surface area contributed by atoms with Gasteiger partial charge in [0.2, 0.25) is 0 Å². The summed E-state index contributed by atoms with van der Waals surface area (Å²) in [6.45, 7) is 1.59. The number of hydrogen-bond donors (Lipinski definition) is 1. The van der Waals surface area contributed by atoms with Crippen LogP contribution in [0.15, 0.2) is 30.3 Å². The molecule has 3 aromatic rings. The van der Waals surface area contributed by atoms with E-state index in [1.54, 1.807) is 19.1 Å². The first-order valence-electron chi connectivity index (χ1n) is 7.40. The summed E-state index contributed by atoms with van der Waals surface area (Å²) in [5.41, 5.74) is 1.26. The summed E-state index contributed by atoms with van der Waals surface area (Å²) in [6.07, 6.45) is 0. The lowest BCUT2D eigenvalue weighted by atomic mass is 10.0. The molecule has 3 rings (SSSR count). The van der Waals surface area contributed by atoms with Gasteiger partial charge in [0, 0.05) is 11.1 Å². The van der Waals surface area contributed by atoms with Crippen molar-refractivity contribution in [2.75, 3.05) is 7.11 Å². The Morgan fingerprint density at radius 3 is 2.65 bits per heavy atom. The number of nitrogens with zero attached hydrogens (tertiary/aromatic N) is 3. The Bertz CT molecular complexity index is 1060. The monoisotopic (exact) mass is 369 g/mol. The van der Waals surface area contributed by atoms with E-state index in [1.165, 1.54) is 25.3 Å². The second-order valence-electron chi connectivity index (χ2n) is 5.29. The molecule has 0 saturated heterocycles. The molecule has 8 heteroatoms. The summed E-state index contributed by atoms with van der Waals surface area (Å²) in [5.74, 6) is -1.12. The molecule has 0 amide bonds. The van der Waals surface area contributed by atoms with Gasteiger partial charge in [-0.2, -0.15) is 5.26 Å². The van der Waals surface area contributed by atoms with Crippen molar-refractivity contribution in [2.45, 2.75) is 6.92 Å². The normalized spacial score (nSPS) is 10.4. The lowest BCUT2D eigenvalue weighted by Crippen LogP contribution is -1.95. The topological polar surface area (TPSA) is 96.1 Å². The largest absolute Gasteiger partial charge is 0.497 e. The summed E-state index contributed by atoms with van der Waals surface area (Å²) in [7, 11) is 1.47. The van der Waals surface area contributed by atoms with Gasteiger partial charge in [-0.15, -0.1) is 11.3 Å². The van der Waals surface area contributed by atoms with Gasteiger partial charge in [0.25, 0.3) is 0 Å². The number of hydrogen-bond acceptors (Lipinski definition) is 6. The van der Waals surface area contributed by atoms with E-state index in [9.17, 15) is 14.4 Å². The highest BCUT2D eigenvalue weighted by atomic mass is 32.1. The molecule has 130 valence electrons. The summed E-state index contributed by atoms with van der Waals surface area (Å²) >= 11 is 0.974. The minimum Gasteiger partial charge on any atom is -0.497 e. The second kappa shape index (κ2) is 6.90. The average molecular weight is 369 g/mol. The molecule has 1 aromatic carbocycles. The van der Waals surface area contributed by atoms with Gasteiger partial charge >= 0.3 is 5.97 Å². The number of thiazole rings is 1. The van der Waals surface area contributed by atoms with E-state index in [2.05, 4.69) is 9.97 Å². The number of pyridine rings is 1. The first-order valence-corrected chi connectivity index (χ1v) is 8.22. The van der Waals surface area contributed by atoms with Crippen molar-refractivity contribution in [3.63, 3.8) is 0 Å². The summed E-state index contributed by atoms with van der Waals surface area (Å²) in [4.78, 5) is 19.7. The van der Waals surface area contributed by atoms with Crippen LogP contribution in [0.25, 0.3) is 21.8 Å². The van der Waals surface area contributed by atoms with E-state index in [4.69, 9.17) is 9.84 Å². The molecule has 26 heavy (non-hydrogen) atoms. The van der Waals surface area contributed by atoms with Gasteiger partial charge in [0.15, 0.2) is 0 Å². The molecule has 0 atom stereocenters. The molecular weight excluding hydrogens is 357 g/mol. The third-order valence-corrected chi connectivity index (χ3v) is 4.84. The molecular formula is C18H12FN3O3S. The number of aromatic nitrogens is 2. The minimum atomic E-state index is -1.07. The first-order chi connectivity index (χ1) is 12.4. The number of carboxylic acid groups (broad SMARTS) is 1. The number of halogens is 1. The zero-order valence-corrected chi connectivity index (χ0v) is 14.6. The van der Waals surface area contributed by atoms with E-state index >= 15 is 0 Å². The van der Waals surface area contributed by atoms with Crippen LogP contribution in [0.3, 0.4) is 0 Å². The summed E-state index contributed by atoms with van der Waals surface area (Å²) in [5, 5.41) is 19.0. The molecule has 0 aliphatic heterocycles. The molecule has 0 aliphatic carbocycles. The van der Waals surface area contributed by atoms with Gasteiger partial charge in [-0.25, -0.2) is 19.2 Å². The highest BCUT2D eigenvalue weighted by Gasteiger charge is 2.18. The van der Waals surface area contributed by atoms with Gasteiger partial charge < -0.3 is 9.84 Å². The standard InChI is InChI=1S/C18H12FN3O3S/c1-9-16(18(23)24)26-17(21-9)14-6-4-11(15(8-20)22-14)12-7-10(25-2)3-5-13(12)19/h3-7H,1-2H3,(H,23,24). The highest BCUT2D eigenvalue weighted by molar-refractivity contribution is 7.17. The Kier molecular flexibility index (Phi) is 4.65. The smallest absolute Gasteiger partial charge is 0.347 e. The van der Waals surface area contributed by atoms with Crippen LogP contribution < -0.4 is 4.74 Å². The molecule has 0 saturated carbocycles. The van der Waals surface area contributed by atoms with Crippen molar-refractivity contribution >= 4 is 17.3 Å². The highest BCUT2D eigenvalue weighted by Crippen LogP contribution is 2.32. The predicted molar refractivity (Wildman–Crippen MR) is 93.7 cm³/mol. The van der Waals surface area contributed by atoms with Crippen molar-refractivity contribution in [3.05, 3.63) is 52.4 Å². The maximum Gasteiger partial charge on any atom is 0.347 e. The van der Waals surface area contributed by atoms with Crippen molar-refractivity contribution in [1.82, 2.24) is 9.97 Å². The molecule has 0 aliphatic rings. The van der Waals surface area contributed by atoms with Crippen LogP contribution in [-0.4, -0.2) is 28.2 Å². The van der Waals surface area contributed by atoms with Crippen molar-refractivity contribution in [1.29, 1.82) is 5.26 Å². The number of carbonyl (C=O) groups is 1. The van der Waals surface area contributed by atoms with Gasteiger partial charge in [0.1, 0.15) is 38.9 Å². The third-order valence-electron chi connectivity index (χ3n) is 3.67. The fraction of sp³-hybridized carbons (Fsp3) is 0.111. The van der Waals surface area contributed by atoms with E-state index < -0.39 is 11.8 Å². The SMILES string of the molecule is COc1ccc(F)c(-c2ccc(-c3nc(C)c(C(=O)O)s3)nc2C#N)c1. The third kappa shape index (κ3) is 3.12. The lowest BCUT2D eigenvalue weighted by Gasteiger charge is -2.08. The van der Waals surface area contributed by atoms with E-state index in [0.29, 0.717) is 27.7 Å². The lowest BCUT2D eigenvalue weighted by molar-refractivity contribution is 0.0701. The van der Waals surface area contributed by atoms with E-state index in [0.717, 1.165) is 11.3 Å². The fourth-order valence-corrected chi connectivity index (χ4v) is 3.30. The molecule has 2 heterocycles. The fourth-order valence-electron chi connectivity index (χ4n) is 2.42. The minimum absolute atomic E-state index is 0.0133. The Morgan fingerprint density at radius 2 is 2.04 bits per heavy atom. The predicted octanol–water partition coefficient (Wildman–Crippen LogP) is 3.90. The molecule has 0 radical (unpaired) electrons. The molecule has 0 unspecified atom stereocenters. The van der Waals surface area contributed by atoms with Crippen LogP contribution in [0, 0.1) is 24.1 Å². The Balaban J connectivity index is 2.11. The zero-order valence-electron chi connectivity index (χ0n) is 13.8. The molecule has 1 N–H and O–H groups in total. The molecule has 0 fully saturated rings. The maximum atomic E-state index is 14.2. The second-order valence-corrected chi connectivity index (χ2v) is 6.29. The Morgan fingerprint density at radius 1 is 1.27 bits per heavy atom. The van der Waals surface area contributed by atoms with Crippen LogP contribution >= 0.6 is 11.3 Å². The number of aromatic carboxylic acids is 1. The van der Waals surface area contributed by atoms with Crippen LogP contribution in [-0.2, 0) is 0 Å². The number of methoxy groups -OCH3 is 1. The number of nitriles is 1. The van der Waals surface area contributed by atoms with Crippen molar-refractivity contribution in [3.8, 4) is 33.6 Å². The number of benzene rings is 1. The van der Waals surface area contributed by atoms with Crippen LogP contribution in [0.4, 0.5) is 4.39 Å². The van der Waals surface area contributed by atoms with Crippen LogP contribution in [0.2, 0.25) is 0 Å². The Labute approximate surface area is 152 Å². The first kappa shape index (κ1) is 17.5. The number of aryl methyl sites for hydroxylation is 1. The van der Waals surface area contributed by atoms with E-state index in [1.807, 2.05) is 6.07 Å². The molecule has 2 aromatic heterocycles. The molecule has 0 spiro atoms. The van der Waals surface area contributed by atoms with Crippen molar-refractivity contribution in [2.24, 2.45) is 0 Å². The molecule has 0 bridgehead atoms. The maximum absolute atomic E-state index is 14.2. The van der Waals surface area contributed by atoms with Crippen LogP contribution in [0.1, 0.15) is 21.1 Å². The summed E-state index contributed by atoms with van der Waals surface area (Å²) in [6, 6.07) is 9.33. The summed E-state index contributed by atoms with van der Waals surface area (Å²) < 4.78 is 19.3. The van der Waals surface area contributed by atoms with Gasteiger partial charge in [-0.05, 0) is 37.3 Å². The van der Waals surface area contributed by atoms with Crippen LogP contribution in [0.5, 0.6) is 5.75 Å². The van der Waals surface area contributed by atoms with Gasteiger partial charge in [0.05, 0.1) is 12.8 Å². The quantitative estimate of drug-likeness (QED) is 0.749. The zero-order chi connectivity index (χ0) is 18.8. The van der Waals surface area contributed by atoms with Gasteiger partial charge in [-0.1, -0.05) is 0 Å². The van der Waals surface area contributed by atoms with E-state index in [-0.39, 0.29) is 16.1 Å².